The topological polar surface area (TPSA) is 21.3 Å². The van der Waals surface area contributed by atoms with Gasteiger partial charge in [-0.05, 0) is 43.8 Å². The van der Waals surface area contributed by atoms with Gasteiger partial charge < -0.3 is 10.1 Å². The highest BCUT2D eigenvalue weighted by molar-refractivity contribution is 5.45. The van der Waals surface area contributed by atoms with E-state index < -0.39 is 11.6 Å². The second-order valence-corrected chi connectivity index (χ2v) is 5.14. The van der Waals surface area contributed by atoms with E-state index in [1.807, 2.05) is 0 Å². The highest BCUT2D eigenvalue weighted by atomic mass is 19.1. The predicted octanol–water partition coefficient (Wildman–Crippen LogP) is 2.44. The quantitative estimate of drug-likeness (QED) is 0.874. The maximum atomic E-state index is 13.9. The third-order valence-electron chi connectivity index (χ3n) is 3.89. The molecule has 2 aliphatic heterocycles. The standard InChI is InChI=1S/C14H17F2NO/c15-12-7-13(16)14-10(3-5-18-14)11(12)6-9-2-1-4-17-8-9/h7,9,17H,1-6,8H2. The van der Waals surface area contributed by atoms with Gasteiger partial charge in [0.2, 0.25) is 0 Å². The third kappa shape index (κ3) is 2.09. The van der Waals surface area contributed by atoms with Crippen molar-refractivity contribution in [1.29, 1.82) is 0 Å². The van der Waals surface area contributed by atoms with Crippen LogP contribution in [0.1, 0.15) is 24.0 Å². The van der Waals surface area contributed by atoms with E-state index in [1.54, 1.807) is 0 Å². The van der Waals surface area contributed by atoms with Gasteiger partial charge in [-0.25, -0.2) is 8.78 Å². The first-order valence-electron chi connectivity index (χ1n) is 6.59. The van der Waals surface area contributed by atoms with Crippen LogP contribution in [0.4, 0.5) is 8.78 Å². The molecule has 1 fully saturated rings. The number of benzene rings is 1. The molecular weight excluding hydrogens is 236 g/mol. The normalized spacial score (nSPS) is 22.7. The van der Waals surface area contributed by atoms with Crippen molar-refractivity contribution in [2.24, 2.45) is 5.92 Å². The minimum absolute atomic E-state index is 0.273. The molecule has 2 aliphatic rings. The van der Waals surface area contributed by atoms with Gasteiger partial charge in [0.15, 0.2) is 11.6 Å². The van der Waals surface area contributed by atoms with E-state index in [0.717, 1.165) is 37.6 Å². The van der Waals surface area contributed by atoms with Crippen molar-refractivity contribution in [3.05, 3.63) is 28.8 Å². The highest BCUT2D eigenvalue weighted by Crippen LogP contribution is 2.35. The Balaban J connectivity index is 1.89. The summed E-state index contributed by atoms with van der Waals surface area (Å²) in [6, 6.07) is 0.968. The van der Waals surface area contributed by atoms with Crippen LogP contribution in [-0.4, -0.2) is 19.7 Å². The first kappa shape index (κ1) is 11.9. The minimum atomic E-state index is -0.564. The molecule has 0 radical (unpaired) electrons. The zero-order chi connectivity index (χ0) is 12.5. The van der Waals surface area contributed by atoms with Crippen molar-refractivity contribution in [3.8, 4) is 5.75 Å². The maximum Gasteiger partial charge on any atom is 0.168 e. The molecule has 1 aromatic carbocycles. The first-order chi connectivity index (χ1) is 8.75. The molecule has 2 heterocycles. The number of rotatable bonds is 2. The van der Waals surface area contributed by atoms with Crippen molar-refractivity contribution in [2.75, 3.05) is 19.7 Å². The van der Waals surface area contributed by atoms with Gasteiger partial charge >= 0.3 is 0 Å². The van der Waals surface area contributed by atoms with Crippen LogP contribution in [0.15, 0.2) is 6.07 Å². The smallest absolute Gasteiger partial charge is 0.168 e. The van der Waals surface area contributed by atoms with E-state index in [-0.39, 0.29) is 5.75 Å². The molecule has 0 saturated carbocycles. The van der Waals surface area contributed by atoms with Crippen molar-refractivity contribution in [3.63, 3.8) is 0 Å². The van der Waals surface area contributed by atoms with Crippen LogP contribution in [0, 0.1) is 17.6 Å². The first-order valence-corrected chi connectivity index (χ1v) is 6.59. The van der Waals surface area contributed by atoms with E-state index in [1.165, 1.54) is 0 Å². The van der Waals surface area contributed by atoms with E-state index >= 15 is 0 Å². The summed E-state index contributed by atoms with van der Waals surface area (Å²) in [5.74, 6) is -0.258. The zero-order valence-corrected chi connectivity index (χ0v) is 10.3. The summed E-state index contributed by atoms with van der Waals surface area (Å²) in [5.41, 5.74) is 1.41. The van der Waals surface area contributed by atoms with Crippen LogP contribution in [0.2, 0.25) is 0 Å². The highest BCUT2D eigenvalue weighted by Gasteiger charge is 2.26. The van der Waals surface area contributed by atoms with E-state index in [0.29, 0.717) is 30.9 Å². The molecule has 1 aromatic rings. The lowest BCUT2D eigenvalue weighted by Crippen LogP contribution is -2.31. The van der Waals surface area contributed by atoms with Gasteiger partial charge in [-0.1, -0.05) is 0 Å². The van der Waals surface area contributed by atoms with Gasteiger partial charge in [0.25, 0.3) is 0 Å². The molecular formula is C14H17F2NO. The fraction of sp³-hybridized carbons (Fsp3) is 0.571. The van der Waals surface area contributed by atoms with Crippen LogP contribution in [-0.2, 0) is 12.8 Å². The van der Waals surface area contributed by atoms with Crippen LogP contribution in [0.3, 0.4) is 0 Å². The Morgan fingerprint density at radius 2 is 2.22 bits per heavy atom. The molecule has 0 bridgehead atoms. The number of ether oxygens (including phenoxy) is 1. The number of hydrogen-bond acceptors (Lipinski definition) is 2. The lowest BCUT2D eigenvalue weighted by Gasteiger charge is -2.23. The SMILES string of the molecule is Fc1cc(F)c2c(c1CC1CCCNC1)CCO2. The zero-order valence-electron chi connectivity index (χ0n) is 10.3. The lowest BCUT2D eigenvalue weighted by molar-refractivity contribution is 0.338. The molecule has 0 aliphatic carbocycles. The number of nitrogens with one attached hydrogen (secondary N) is 1. The van der Waals surface area contributed by atoms with E-state index in [4.69, 9.17) is 4.74 Å². The second kappa shape index (κ2) is 4.84. The fourth-order valence-electron chi connectivity index (χ4n) is 2.97. The Morgan fingerprint density at radius 1 is 1.33 bits per heavy atom. The largest absolute Gasteiger partial charge is 0.490 e. The number of piperidine rings is 1. The Bertz CT molecular complexity index is 456. The van der Waals surface area contributed by atoms with Crippen molar-refractivity contribution < 1.29 is 13.5 Å². The van der Waals surface area contributed by atoms with Crippen LogP contribution >= 0.6 is 0 Å². The molecule has 0 amide bonds. The van der Waals surface area contributed by atoms with Gasteiger partial charge in [-0.3, -0.25) is 0 Å². The fourth-order valence-corrected chi connectivity index (χ4v) is 2.97. The molecule has 98 valence electrons. The monoisotopic (exact) mass is 253 g/mol. The summed E-state index contributed by atoms with van der Waals surface area (Å²) >= 11 is 0. The van der Waals surface area contributed by atoms with Gasteiger partial charge in [-0.15, -0.1) is 0 Å². The average Bonchev–Trinajstić information content (AvgIpc) is 2.85. The van der Waals surface area contributed by atoms with Crippen LogP contribution in [0.5, 0.6) is 5.75 Å². The Hall–Kier alpha value is -1.16. The molecule has 1 unspecified atom stereocenters. The number of fused-ring (bicyclic) bond motifs is 1. The van der Waals surface area contributed by atoms with Crippen LogP contribution in [0.25, 0.3) is 0 Å². The summed E-state index contributed by atoms with van der Waals surface area (Å²) in [7, 11) is 0. The third-order valence-corrected chi connectivity index (χ3v) is 3.89. The number of halogens is 2. The molecule has 0 aromatic heterocycles. The Kier molecular flexibility index (Phi) is 3.20. The molecule has 2 nitrogen and oxygen atoms in total. The predicted molar refractivity (Wildman–Crippen MR) is 64.9 cm³/mol. The minimum Gasteiger partial charge on any atom is -0.490 e. The van der Waals surface area contributed by atoms with E-state index in [9.17, 15) is 8.78 Å². The molecule has 18 heavy (non-hydrogen) atoms. The summed E-state index contributed by atoms with van der Waals surface area (Å²) < 4.78 is 32.7. The summed E-state index contributed by atoms with van der Waals surface area (Å²) in [6.07, 6.45) is 3.55. The summed E-state index contributed by atoms with van der Waals surface area (Å²) in [6.45, 7) is 2.43. The lowest BCUT2D eigenvalue weighted by atomic mass is 9.89. The molecule has 1 N–H and O–H groups in total. The average molecular weight is 253 g/mol. The molecule has 1 saturated heterocycles. The van der Waals surface area contributed by atoms with Gasteiger partial charge in [0.1, 0.15) is 5.82 Å². The molecule has 4 heteroatoms. The molecule has 1 atom stereocenters. The molecule has 0 spiro atoms. The van der Waals surface area contributed by atoms with Crippen molar-refractivity contribution in [2.45, 2.75) is 25.7 Å². The summed E-state index contributed by atoms with van der Waals surface area (Å²) in [5, 5.41) is 3.33. The Labute approximate surface area is 105 Å². The second-order valence-electron chi connectivity index (χ2n) is 5.14. The van der Waals surface area contributed by atoms with Crippen molar-refractivity contribution >= 4 is 0 Å². The van der Waals surface area contributed by atoms with Gasteiger partial charge in [0.05, 0.1) is 6.61 Å². The number of hydrogen-bond donors (Lipinski definition) is 1. The summed E-state index contributed by atoms with van der Waals surface area (Å²) in [4.78, 5) is 0. The van der Waals surface area contributed by atoms with Gasteiger partial charge in [-0.2, -0.15) is 0 Å². The van der Waals surface area contributed by atoms with Crippen molar-refractivity contribution in [1.82, 2.24) is 5.32 Å². The van der Waals surface area contributed by atoms with E-state index in [2.05, 4.69) is 5.32 Å². The molecule has 3 rings (SSSR count). The maximum absolute atomic E-state index is 13.9. The van der Waals surface area contributed by atoms with Crippen LogP contribution < -0.4 is 10.1 Å². The van der Waals surface area contributed by atoms with Gasteiger partial charge in [0, 0.05) is 18.1 Å². The Morgan fingerprint density at radius 3 is 3.00 bits per heavy atom.